The van der Waals surface area contributed by atoms with Crippen LogP contribution in [0.15, 0.2) is 46.2 Å². The van der Waals surface area contributed by atoms with Gasteiger partial charge in [-0.2, -0.15) is 0 Å². The molecule has 6 nitrogen and oxygen atoms in total. The summed E-state index contributed by atoms with van der Waals surface area (Å²) in [4.78, 5) is 28.4. The second kappa shape index (κ2) is 7.48. The number of hydrogen-bond acceptors (Lipinski definition) is 6. The minimum absolute atomic E-state index is 0.0392. The second-order valence-corrected chi connectivity index (χ2v) is 8.56. The Morgan fingerprint density at radius 2 is 1.90 bits per heavy atom. The molecule has 29 heavy (non-hydrogen) atoms. The van der Waals surface area contributed by atoms with Gasteiger partial charge < -0.3 is 14.9 Å². The van der Waals surface area contributed by atoms with Gasteiger partial charge in [0.25, 0.3) is 0 Å². The Kier molecular flexibility index (Phi) is 5.00. The highest BCUT2D eigenvalue weighted by Gasteiger charge is 2.35. The molecule has 7 heteroatoms. The van der Waals surface area contributed by atoms with Crippen molar-refractivity contribution >= 4 is 43.4 Å². The van der Waals surface area contributed by atoms with E-state index in [4.69, 9.17) is 9.84 Å². The molecule has 0 spiro atoms. The lowest BCUT2D eigenvalue weighted by molar-refractivity contribution is -0.137. The van der Waals surface area contributed by atoms with E-state index in [9.17, 15) is 14.7 Å². The molecule has 2 aromatic carbocycles. The molecule has 0 aliphatic carbocycles. The van der Waals surface area contributed by atoms with Gasteiger partial charge in [0.15, 0.2) is 11.3 Å². The molecule has 4 rings (SSSR count). The van der Waals surface area contributed by atoms with E-state index in [0.717, 1.165) is 15.0 Å². The normalized spacial score (nSPS) is 18.7. The zero-order chi connectivity index (χ0) is 20.6. The number of aliphatic imine (C=N–C) groups is 1. The molecule has 0 saturated heterocycles. The summed E-state index contributed by atoms with van der Waals surface area (Å²) in [6.07, 6.45) is 1.86. The molecule has 0 bridgehead atoms. The molecule has 1 atom stereocenters. The van der Waals surface area contributed by atoms with Crippen molar-refractivity contribution in [3.8, 4) is 5.75 Å². The molecule has 1 unspecified atom stereocenters. The lowest BCUT2D eigenvalue weighted by Crippen LogP contribution is -2.30. The Morgan fingerprint density at radius 3 is 2.59 bits per heavy atom. The summed E-state index contributed by atoms with van der Waals surface area (Å²) < 4.78 is 7.15. The van der Waals surface area contributed by atoms with Crippen LogP contribution in [-0.4, -0.2) is 34.2 Å². The molecule has 3 aromatic rings. The van der Waals surface area contributed by atoms with E-state index in [1.54, 1.807) is 19.1 Å². The Morgan fingerprint density at radius 1 is 1.17 bits per heavy atom. The average Bonchev–Trinajstić information content (AvgIpc) is 3.06. The fourth-order valence-corrected chi connectivity index (χ4v) is 4.94. The molecule has 150 valence electrons. The molecule has 2 N–H and O–H groups in total. The zero-order valence-electron chi connectivity index (χ0n) is 16.0. The summed E-state index contributed by atoms with van der Waals surface area (Å²) in [6, 6.07) is 10.6. The second-order valence-electron chi connectivity index (χ2n) is 7.48. The van der Waals surface area contributed by atoms with E-state index in [-0.39, 0.29) is 17.6 Å². The monoisotopic (exact) mass is 411 g/mol. The number of carbonyl (C=O) groups is 1. The van der Waals surface area contributed by atoms with Gasteiger partial charge in [-0.05, 0) is 55.2 Å². The van der Waals surface area contributed by atoms with Crippen LogP contribution in [0.3, 0.4) is 0 Å². The smallest absolute Gasteiger partial charge is 0.303 e. The van der Waals surface area contributed by atoms with Crippen molar-refractivity contribution < 1.29 is 19.7 Å². The van der Waals surface area contributed by atoms with Crippen molar-refractivity contribution in [3.05, 3.63) is 52.2 Å². The number of aromatic hydroxyl groups is 1. The van der Waals surface area contributed by atoms with E-state index in [1.165, 1.54) is 17.4 Å². The van der Waals surface area contributed by atoms with Crippen LogP contribution >= 0.6 is 11.3 Å². The van der Waals surface area contributed by atoms with Gasteiger partial charge in [0.2, 0.25) is 0 Å². The molecule has 2 heterocycles. The number of aryl methyl sites for hydroxylation is 1. The maximum Gasteiger partial charge on any atom is 0.303 e. The van der Waals surface area contributed by atoms with Gasteiger partial charge >= 0.3 is 5.97 Å². The number of phenolic OH excluding ortho intramolecular Hbond substituents is 1. The fourth-order valence-electron chi connectivity index (χ4n) is 3.78. The molecular weight excluding hydrogens is 390 g/mol. The van der Waals surface area contributed by atoms with Crippen molar-refractivity contribution in [2.45, 2.75) is 38.1 Å². The maximum absolute atomic E-state index is 12.7. The summed E-state index contributed by atoms with van der Waals surface area (Å²) in [7, 11) is 0. The first kappa shape index (κ1) is 19.4. The summed E-state index contributed by atoms with van der Waals surface area (Å²) in [5, 5.41) is 20.1. The van der Waals surface area contributed by atoms with Crippen LogP contribution < -0.4 is 5.43 Å². The quantitative estimate of drug-likeness (QED) is 0.595. The summed E-state index contributed by atoms with van der Waals surface area (Å²) in [5.74, 6) is -0.105. The maximum atomic E-state index is 12.7. The highest BCUT2D eigenvalue weighted by molar-refractivity contribution is 7.24. The third-order valence-electron chi connectivity index (χ3n) is 5.35. The SMILES string of the molecule is CC1=NC(CCC(=O)O)(CCc2ccc3c(=O)c4ccc(O)cc4sc3c2)CO1. The third-order valence-corrected chi connectivity index (χ3v) is 6.46. The minimum Gasteiger partial charge on any atom is -0.508 e. The Hall–Kier alpha value is -2.93. The Labute approximate surface area is 171 Å². The number of aliphatic carboxylic acids is 1. The fraction of sp³-hybridized carbons (Fsp3) is 0.318. The number of rotatable bonds is 6. The molecule has 0 radical (unpaired) electrons. The van der Waals surface area contributed by atoms with Crippen molar-refractivity contribution in [2.24, 2.45) is 4.99 Å². The van der Waals surface area contributed by atoms with Gasteiger partial charge in [0.1, 0.15) is 12.4 Å². The first-order chi connectivity index (χ1) is 13.8. The van der Waals surface area contributed by atoms with E-state index in [0.29, 0.717) is 42.5 Å². The van der Waals surface area contributed by atoms with E-state index in [2.05, 4.69) is 4.99 Å². The van der Waals surface area contributed by atoms with Crippen LogP contribution in [0.2, 0.25) is 0 Å². The Bertz CT molecular complexity index is 1200. The number of ether oxygens (including phenoxy) is 1. The number of carboxylic acids is 1. The third kappa shape index (κ3) is 3.96. The number of benzene rings is 2. The summed E-state index contributed by atoms with van der Waals surface area (Å²) in [6.45, 7) is 2.19. The van der Waals surface area contributed by atoms with Crippen molar-refractivity contribution in [1.82, 2.24) is 0 Å². The predicted molar refractivity (Wildman–Crippen MR) is 114 cm³/mol. The van der Waals surface area contributed by atoms with Gasteiger partial charge in [-0.25, -0.2) is 4.99 Å². The highest BCUT2D eigenvalue weighted by Crippen LogP contribution is 2.32. The van der Waals surface area contributed by atoms with Crippen LogP contribution in [0.4, 0.5) is 0 Å². The van der Waals surface area contributed by atoms with Crippen LogP contribution in [0.25, 0.3) is 20.2 Å². The zero-order valence-corrected chi connectivity index (χ0v) is 16.8. The van der Waals surface area contributed by atoms with Crippen LogP contribution in [0, 0.1) is 0 Å². The standard InChI is InChI=1S/C22H21NO5S/c1-13-23-22(12-28-13,9-7-20(25)26)8-6-14-2-4-16-18(10-14)29-19-11-15(24)3-5-17(19)21(16)27/h2-5,10-11,24H,6-9,12H2,1H3,(H,25,26). The van der Waals surface area contributed by atoms with E-state index >= 15 is 0 Å². The minimum atomic E-state index is -0.838. The molecule has 1 aliphatic heterocycles. The summed E-state index contributed by atoms with van der Waals surface area (Å²) in [5.41, 5.74) is 0.504. The first-order valence-corrected chi connectivity index (χ1v) is 10.3. The van der Waals surface area contributed by atoms with Gasteiger partial charge in [0.05, 0.1) is 5.54 Å². The number of hydrogen-bond donors (Lipinski definition) is 2. The number of carboxylic acid groups (broad SMARTS) is 1. The van der Waals surface area contributed by atoms with Crippen LogP contribution in [0.1, 0.15) is 31.7 Å². The average molecular weight is 411 g/mol. The van der Waals surface area contributed by atoms with E-state index < -0.39 is 11.5 Å². The largest absolute Gasteiger partial charge is 0.508 e. The molecule has 0 amide bonds. The van der Waals surface area contributed by atoms with Gasteiger partial charge in [-0.3, -0.25) is 9.59 Å². The van der Waals surface area contributed by atoms with Gasteiger partial charge in [0, 0.05) is 33.5 Å². The highest BCUT2D eigenvalue weighted by atomic mass is 32.1. The number of phenols is 1. The van der Waals surface area contributed by atoms with Gasteiger partial charge in [-0.15, -0.1) is 11.3 Å². The molecule has 0 fully saturated rings. The number of fused-ring (bicyclic) bond motifs is 2. The topological polar surface area (TPSA) is 96.2 Å². The lowest BCUT2D eigenvalue weighted by Gasteiger charge is -2.23. The molecule has 0 saturated carbocycles. The van der Waals surface area contributed by atoms with Crippen LogP contribution in [-0.2, 0) is 16.0 Å². The summed E-state index contributed by atoms with van der Waals surface area (Å²) >= 11 is 1.48. The van der Waals surface area contributed by atoms with Crippen LogP contribution in [0.5, 0.6) is 5.75 Å². The Balaban J connectivity index is 1.63. The number of nitrogens with zero attached hydrogens (tertiary/aromatic N) is 1. The van der Waals surface area contributed by atoms with E-state index in [1.807, 2.05) is 18.2 Å². The van der Waals surface area contributed by atoms with Crippen molar-refractivity contribution in [2.75, 3.05) is 6.61 Å². The lowest BCUT2D eigenvalue weighted by atomic mass is 9.88. The van der Waals surface area contributed by atoms with Crippen molar-refractivity contribution in [1.29, 1.82) is 0 Å². The first-order valence-electron chi connectivity index (χ1n) is 9.45. The molecule has 1 aliphatic rings. The predicted octanol–water partition coefficient (Wildman–Crippen LogP) is 4.11. The van der Waals surface area contributed by atoms with Crippen molar-refractivity contribution in [3.63, 3.8) is 0 Å². The molecule has 1 aromatic heterocycles. The molecular formula is C22H21NO5S. The van der Waals surface area contributed by atoms with Gasteiger partial charge in [-0.1, -0.05) is 6.07 Å².